The molecular formula is C28H32N2O2S. The smallest absolute Gasteiger partial charge is 0.243 e. The lowest BCUT2D eigenvalue weighted by molar-refractivity contribution is -0.140. The number of hydrogen-bond acceptors (Lipinski definition) is 3. The highest BCUT2D eigenvalue weighted by Gasteiger charge is 2.32. The average molecular weight is 461 g/mol. The maximum atomic E-state index is 13.5. The van der Waals surface area contributed by atoms with Crippen LogP contribution in [0.25, 0.3) is 0 Å². The number of amides is 2. The Kier molecular flexibility index (Phi) is 8.72. The molecule has 0 radical (unpaired) electrons. The van der Waals surface area contributed by atoms with Crippen molar-refractivity contribution in [3.05, 3.63) is 102 Å². The third kappa shape index (κ3) is 8.10. The molecule has 0 aliphatic heterocycles. The summed E-state index contributed by atoms with van der Waals surface area (Å²) in [6, 6.07) is 29.0. The van der Waals surface area contributed by atoms with E-state index in [4.69, 9.17) is 0 Å². The number of carbonyl (C=O) groups is 2. The molecule has 0 bridgehead atoms. The molecule has 1 N–H and O–H groups in total. The Balaban J connectivity index is 1.90. The van der Waals surface area contributed by atoms with E-state index >= 15 is 0 Å². The fourth-order valence-corrected chi connectivity index (χ4v) is 4.34. The van der Waals surface area contributed by atoms with Gasteiger partial charge in [0.05, 0.1) is 5.75 Å². The third-order valence-electron chi connectivity index (χ3n) is 5.07. The molecule has 0 fully saturated rings. The summed E-state index contributed by atoms with van der Waals surface area (Å²) in [7, 11) is 0. The standard InChI is InChI=1S/C28H32N2O2S/c1-28(2,3)29-27(32)25(19-22-13-7-4-8-14-22)30(20-23-15-9-5-10-16-23)26(31)21-33-24-17-11-6-12-18-24/h4-18,25H,19-21H2,1-3H3,(H,29,32). The van der Waals surface area contributed by atoms with Crippen molar-refractivity contribution < 1.29 is 9.59 Å². The summed E-state index contributed by atoms with van der Waals surface area (Å²) in [5, 5.41) is 3.09. The quantitative estimate of drug-likeness (QED) is 0.439. The average Bonchev–Trinajstić information content (AvgIpc) is 2.80. The molecule has 5 heteroatoms. The Labute approximate surface area is 201 Å². The molecular weight excluding hydrogens is 428 g/mol. The summed E-state index contributed by atoms with van der Waals surface area (Å²) in [6.45, 7) is 6.25. The van der Waals surface area contributed by atoms with Gasteiger partial charge in [0.2, 0.25) is 11.8 Å². The van der Waals surface area contributed by atoms with Crippen molar-refractivity contribution in [2.75, 3.05) is 5.75 Å². The van der Waals surface area contributed by atoms with Crippen LogP contribution in [0.1, 0.15) is 31.9 Å². The van der Waals surface area contributed by atoms with E-state index in [0.717, 1.165) is 16.0 Å². The van der Waals surface area contributed by atoms with Crippen molar-refractivity contribution in [2.45, 2.75) is 50.2 Å². The zero-order valence-electron chi connectivity index (χ0n) is 19.5. The number of benzene rings is 3. The van der Waals surface area contributed by atoms with Gasteiger partial charge in [-0.2, -0.15) is 0 Å². The first-order chi connectivity index (χ1) is 15.8. The molecule has 0 aliphatic rings. The van der Waals surface area contributed by atoms with E-state index in [1.54, 1.807) is 4.90 Å². The van der Waals surface area contributed by atoms with Gasteiger partial charge in [-0.05, 0) is 44.0 Å². The number of thioether (sulfide) groups is 1. The minimum atomic E-state index is -0.615. The predicted octanol–water partition coefficient (Wildman–Crippen LogP) is 5.33. The molecule has 33 heavy (non-hydrogen) atoms. The third-order valence-corrected chi connectivity index (χ3v) is 6.07. The molecule has 1 atom stereocenters. The van der Waals surface area contributed by atoms with Gasteiger partial charge in [0.25, 0.3) is 0 Å². The highest BCUT2D eigenvalue weighted by atomic mass is 32.2. The van der Waals surface area contributed by atoms with Crippen molar-refractivity contribution in [2.24, 2.45) is 0 Å². The summed E-state index contributed by atoms with van der Waals surface area (Å²) in [6.07, 6.45) is 0.456. The van der Waals surface area contributed by atoms with E-state index in [-0.39, 0.29) is 17.6 Å². The molecule has 0 aliphatic carbocycles. The van der Waals surface area contributed by atoms with Crippen LogP contribution in [-0.4, -0.2) is 34.0 Å². The van der Waals surface area contributed by atoms with Gasteiger partial charge in [-0.3, -0.25) is 9.59 Å². The van der Waals surface area contributed by atoms with Gasteiger partial charge in [0, 0.05) is 23.4 Å². The molecule has 3 rings (SSSR count). The van der Waals surface area contributed by atoms with Crippen molar-refractivity contribution >= 4 is 23.6 Å². The fraction of sp³-hybridized carbons (Fsp3) is 0.286. The summed E-state index contributed by atoms with van der Waals surface area (Å²) in [4.78, 5) is 29.8. The minimum Gasteiger partial charge on any atom is -0.350 e. The highest BCUT2D eigenvalue weighted by Crippen LogP contribution is 2.21. The van der Waals surface area contributed by atoms with Gasteiger partial charge >= 0.3 is 0 Å². The second-order valence-electron chi connectivity index (χ2n) is 9.05. The first kappa shape index (κ1) is 24.6. The van der Waals surface area contributed by atoms with Gasteiger partial charge < -0.3 is 10.2 Å². The number of rotatable bonds is 9. The van der Waals surface area contributed by atoms with Gasteiger partial charge in [-0.15, -0.1) is 11.8 Å². The van der Waals surface area contributed by atoms with Gasteiger partial charge in [0.1, 0.15) is 6.04 Å². The molecule has 0 spiro atoms. The lowest BCUT2D eigenvalue weighted by atomic mass is 10.0. The fourth-order valence-electron chi connectivity index (χ4n) is 3.53. The maximum absolute atomic E-state index is 13.5. The molecule has 3 aromatic carbocycles. The summed E-state index contributed by atoms with van der Waals surface area (Å²) >= 11 is 1.49. The minimum absolute atomic E-state index is 0.0577. The Hall–Kier alpha value is -3.05. The molecule has 0 saturated heterocycles. The number of carbonyl (C=O) groups excluding carboxylic acids is 2. The second kappa shape index (κ2) is 11.7. The number of hydrogen-bond donors (Lipinski definition) is 1. The largest absolute Gasteiger partial charge is 0.350 e. The molecule has 4 nitrogen and oxygen atoms in total. The normalized spacial score (nSPS) is 12.1. The summed E-state index contributed by atoms with van der Waals surface area (Å²) < 4.78 is 0. The van der Waals surface area contributed by atoms with Crippen LogP contribution in [0.4, 0.5) is 0 Å². The Morgan fingerprint density at radius 3 is 1.88 bits per heavy atom. The maximum Gasteiger partial charge on any atom is 0.243 e. The van der Waals surface area contributed by atoms with E-state index in [1.165, 1.54) is 11.8 Å². The van der Waals surface area contributed by atoms with Crippen LogP contribution >= 0.6 is 11.8 Å². The molecule has 1 unspecified atom stereocenters. The molecule has 3 aromatic rings. The van der Waals surface area contributed by atoms with Crippen LogP contribution in [-0.2, 0) is 22.6 Å². The van der Waals surface area contributed by atoms with Crippen LogP contribution in [0.5, 0.6) is 0 Å². The molecule has 172 valence electrons. The zero-order valence-corrected chi connectivity index (χ0v) is 20.3. The number of nitrogens with one attached hydrogen (secondary N) is 1. The van der Waals surface area contributed by atoms with E-state index in [2.05, 4.69) is 5.32 Å². The van der Waals surface area contributed by atoms with Crippen LogP contribution < -0.4 is 5.32 Å². The zero-order chi connectivity index (χ0) is 23.7. The Morgan fingerprint density at radius 2 is 1.33 bits per heavy atom. The monoisotopic (exact) mass is 460 g/mol. The van der Waals surface area contributed by atoms with Gasteiger partial charge in [-0.25, -0.2) is 0 Å². The van der Waals surface area contributed by atoms with Crippen molar-refractivity contribution in [3.63, 3.8) is 0 Å². The van der Waals surface area contributed by atoms with Gasteiger partial charge in [-0.1, -0.05) is 78.9 Å². The first-order valence-corrected chi connectivity index (χ1v) is 12.2. The van der Waals surface area contributed by atoms with E-state index in [0.29, 0.717) is 13.0 Å². The van der Waals surface area contributed by atoms with Crippen LogP contribution in [0.3, 0.4) is 0 Å². The van der Waals surface area contributed by atoms with E-state index in [9.17, 15) is 9.59 Å². The van der Waals surface area contributed by atoms with Crippen LogP contribution in [0.15, 0.2) is 95.9 Å². The molecule has 2 amide bonds. The topological polar surface area (TPSA) is 49.4 Å². The van der Waals surface area contributed by atoms with Crippen molar-refractivity contribution in [1.82, 2.24) is 10.2 Å². The van der Waals surface area contributed by atoms with E-state index in [1.807, 2.05) is 112 Å². The lowest BCUT2D eigenvalue weighted by Gasteiger charge is -2.33. The summed E-state index contributed by atoms with van der Waals surface area (Å²) in [5.41, 5.74) is 1.62. The predicted molar refractivity (Wildman–Crippen MR) is 136 cm³/mol. The Morgan fingerprint density at radius 1 is 0.818 bits per heavy atom. The van der Waals surface area contributed by atoms with Gasteiger partial charge in [0.15, 0.2) is 0 Å². The number of nitrogens with zero attached hydrogens (tertiary/aromatic N) is 1. The Bertz CT molecular complexity index is 1020. The SMILES string of the molecule is CC(C)(C)NC(=O)C(Cc1ccccc1)N(Cc1ccccc1)C(=O)CSc1ccccc1. The van der Waals surface area contributed by atoms with E-state index < -0.39 is 11.6 Å². The van der Waals surface area contributed by atoms with Crippen LogP contribution in [0, 0.1) is 0 Å². The second-order valence-corrected chi connectivity index (χ2v) is 10.1. The van der Waals surface area contributed by atoms with Crippen molar-refractivity contribution in [1.29, 1.82) is 0 Å². The van der Waals surface area contributed by atoms with Crippen LogP contribution in [0.2, 0.25) is 0 Å². The summed E-state index contributed by atoms with van der Waals surface area (Å²) in [5.74, 6) is 0.0725. The lowest BCUT2D eigenvalue weighted by Crippen LogP contribution is -2.54. The molecule has 0 aromatic heterocycles. The first-order valence-electron chi connectivity index (χ1n) is 11.2. The molecule has 0 saturated carbocycles. The van der Waals surface area contributed by atoms with Crippen molar-refractivity contribution in [3.8, 4) is 0 Å². The molecule has 0 heterocycles. The highest BCUT2D eigenvalue weighted by molar-refractivity contribution is 8.00.